The summed E-state index contributed by atoms with van der Waals surface area (Å²) >= 11 is 0. The SMILES string of the molecule is CC(=O)N1c2ccc(-c3cn(CC(=O)O)cn3)cc2C(NC(=O)OC(C)C)CC1C. The number of carboxylic acids is 1. The summed E-state index contributed by atoms with van der Waals surface area (Å²) in [5.74, 6) is -1.03. The highest BCUT2D eigenvalue weighted by Gasteiger charge is 2.34. The van der Waals surface area contributed by atoms with Gasteiger partial charge in [0.2, 0.25) is 5.91 Å². The normalized spacial score (nSPS) is 18.1. The lowest BCUT2D eigenvalue weighted by Gasteiger charge is -2.39. The molecule has 0 saturated carbocycles. The van der Waals surface area contributed by atoms with Crippen molar-refractivity contribution >= 4 is 23.7 Å². The van der Waals surface area contributed by atoms with Crippen molar-refractivity contribution in [3.63, 3.8) is 0 Å². The van der Waals surface area contributed by atoms with Crippen LogP contribution in [0.5, 0.6) is 0 Å². The highest BCUT2D eigenvalue weighted by Crippen LogP contribution is 2.39. The molecule has 1 aromatic heterocycles. The number of nitrogens with zero attached hydrogens (tertiary/aromatic N) is 3. The van der Waals surface area contributed by atoms with Crippen LogP contribution in [-0.2, 0) is 20.9 Å². The van der Waals surface area contributed by atoms with E-state index < -0.39 is 12.1 Å². The van der Waals surface area contributed by atoms with Crippen molar-refractivity contribution in [2.45, 2.75) is 58.8 Å². The third-order valence-corrected chi connectivity index (χ3v) is 4.90. The third kappa shape index (κ3) is 4.61. The van der Waals surface area contributed by atoms with Crippen molar-refractivity contribution in [3.8, 4) is 11.3 Å². The molecule has 30 heavy (non-hydrogen) atoms. The maximum atomic E-state index is 12.2. The monoisotopic (exact) mass is 414 g/mol. The highest BCUT2D eigenvalue weighted by molar-refractivity contribution is 5.94. The van der Waals surface area contributed by atoms with Gasteiger partial charge in [-0.05, 0) is 44.9 Å². The number of aromatic nitrogens is 2. The third-order valence-electron chi connectivity index (χ3n) is 4.90. The van der Waals surface area contributed by atoms with Crippen molar-refractivity contribution in [1.82, 2.24) is 14.9 Å². The molecule has 2 heterocycles. The fourth-order valence-electron chi connectivity index (χ4n) is 3.78. The average molecular weight is 414 g/mol. The average Bonchev–Trinajstić information content (AvgIpc) is 3.08. The Morgan fingerprint density at radius 2 is 2.07 bits per heavy atom. The maximum absolute atomic E-state index is 12.2. The van der Waals surface area contributed by atoms with E-state index in [1.807, 2.05) is 25.1 Å². The molecule has 0 radical (unpaired) electrons. The molecule has 2 unspecified atom stereocenters. The Balaban J connectivity index is 1.98. The number of rotatable bonds is 5. The molecule has 9 heteroatoms. The predicted octanol–water partition coefficient (Wildman–Crippen LogP) is 2.96. The van der Waals surface area contributed by atoms with E-state index in [9.17, 15) is 14.4 Å². The molecule has 0 aliphatic carbocycles. The van der Waals surface area contributed by atoms with E-state index in [1.165, 1.54) is 17.8 Å². The van der Waals surface area contributed by atoms with Gasteiger partial charge in [0.1, 0.15) is 6.54 Å². The summed E-state index contributed by atoms with van der Waals surface area (Å²) in [4.78, 5) is 41.4. The zero-order chi connectivity index (χ0) is 22.0. The van der Waals surface area contributed by atoms with Gasteiger partial charge in [0.15, 0.2) is 0 Å². The number of ether oxygens (including phenoxy) is 1. The van der Waals surface area contributed by atoms with Gasteiger partial charge in [0.05, 0.1) is 24.2 Å². The Bertz CT molecular complexity index is 968. The smallest absolute Gasteiger partial charge is 0.407 e. The van der Waals surface area contributed by atoms with Gasteiger partial charge >= 0.3 is 12.1 Å². The van der Waals surface area contributed by atoms with E-state index in [0.29, 0.717) is 12.1 Å². The summed E-state index contributed by atoms with van der Waals surface area (Å²) in [6.07, 6.45) is 2.89. The number of fused-ring (bicyclic) bond motifs is 1. The minimum Gasteiger partial charge on any atom is -0.480 e. The van der Waals surface area contributed by atoms with Crippen LogP contribution < -0.4 is 10.2 Å². The summed E-state index contributed by atoms with van der Waals surface area (Å²) in [6, 6.07) is 5.12. The zero-order valence-electron chi connectivity index (χ0n) is 17.5. The van der Waals surface area contributed by atoms with E-state index in [0.717, 1.165) is 16.8 Å². The fraction of sp³-hybridized carbons (Fsp3) is 0.429. The molecule has 2 atom stereocenters. The zero-order valence-corrected chi connectivity index (χ0v) is 17.5. The molecule has 2 amide bonds. The number of hydrogen-bond donors (Lipinski definition) is 2. The number of nitrogens with one attached hydrogen (secondary N) is 1. The van der Waals surface area contributed by atoms with E-state index in [-0.39, 0.29) is 30.6 Å². The molecule has 2 aromatic rings. The number of benzene rings is 1. The van der Waals surface area contributed by atoms with Crippen LogP contribution in [0.4, 0.5) is 10.5 Å². The molecule has 0 spiro atoms. The predicted molar refractivity (Wildman–Crippen MR) is 110 cm³/mol. The second kappa shape index (κ2) is 8.56. The molecule has 1 aliphatic heterocycles. The molecule has 0 saturated heterocycles. The van der Waals surface area contributed by atoms with Crippen LogP contribution in [0, 0.1) is 0 Å². The number of aliphatic carboxylic acids is 1. The van der Waals surface area contributed by atoms with Gasteiger partial charge in [0.25, 0.3) is 0 Å². The lowest BCUT2D eigenvalue weighted by molar-refractivity contribution is -0.137. The maximum Gasteiger partial charge on any atom is 0.407 e. The molecular weight excluding hydrogens is 388 g/mol. The van der Waals surface area contributed by atoms with Crippen LogP contribution in [-0.4, -0.2) is 44.8 Å². The van der Waals surface area contributed by atoms with Gasteiger partial charge < -0.3 is 24.6 Å². The van der Waals surface area contributed by atoms with Gasteiger partial charge in [-0.25, -0.2) is 9.78 Å². The van der Waals surface area contributed by atoms with Gasteiger partial charge in [0, 0.05) is 30.4 Å². The molecule has 0 fully saturated rings. The summed E-state index contributed by atoms with van der Waals surface area (Å²) in [7, 11) is 0. The first kappa shape index (κ1) is 21.4. The Morgan fingerprint density at radius 3 is 2.70 bits per heavy atom. The molecule has 9 nitrogen and oxygen atoms in total. The van der Waals surface area contributed by atoms with Crippen molar-refractivity contribution in [2.24, 2.45) is 0 Å². The topological polar surface area (TPSA) is 114 Å². The van der Waals surface area contributed by atoms with Crippen molar-refractivity contribution in [3.05, 3.63) is 36.3 Å². The minimum absolute atomic E-state index is 0.0783. The van der Waals surface area contributed by atoms with E-state index in [2.05, 4.69) is 10.3 Å². The summed E-state index contributed by atoms with van der Waals surface area (Å²) in [5, 5.41) is 11.9. The first-order valence-corrected chi connectivity index (χ1v) is 9.80. The second-order valence-electron chi connectivity index (χ2n) is 7.72. The molecule has 1 aliphatic rings. The van der Waals surface area contributed by atoms with Crippen LogP contribution in [0.1, 0.15) is 45.7 Å². The first-order valence-electron chi connectivity index (χ1n) is 9.80. The van der Waals surface area contributed by atoms with Gasteiger partial charge in [-0.1, -0.05) is 6.07 Å². The second-order valence-corrected chi connectivity index (χ2v) is 7.72. The van der Waals surface area contributed by atoms with E-state index >= 15 is 0 Å². The van der Waals surface area contributed by atoms with E-state index in [4.69, 9.17) is 9.84 Å². The number of carbonyl (C=O) groups excluding carboxylic acids is 2. The Hall–Kier alpha value is -3.36. The molecule has 1 aromatic carbocycles. The van der Waals surface area contributed by atoms with E-state index in [1.54, 1.807) is 24.9 Å². The Morgan fingerprint density at radius 1 is 1.33 bits per heavy atom. The van der Waals surface area contributed by atoms with Crippen LogP contribution in [0.25, 0.3) is 11.3 Å². The number of imidazole rings is 1. The highest BCUT2D eigenvalue weighted by atomic mass is 16.6. The number of alkyl carbamates (subject to hydrolysis) is 1. The standard InChI is InChI=1S/C21H26N4O5/c1-12(2)30-21(29)23-17-7-13(3)25(14(4)26)19-6-5-15(8-16(17)19)18-9-24(11-22-18)10-20(27)28/h5-6,8-9,11-13,17H,7,10H2,1-4H3,(H,23,29)(H,27,28). The number of carbonyl (C=O) groups is 3. The lowest BCUT2D eigenvalue weighted by atomic mass is 9.90. The number of carboxylic acid groups (broad SMARTS) is 1. The van der Waals surface area contributed by atoms with Crippen LogP contribution in [0.15, 0.2) is 30.7 Å². The number of hydrogen-bond acceptors (Lipinski definition) is 5. The van der Waals surface area contributed by atoms with Gasteiger partial charge in [-0.2, -0.15) is 0 Å². The van der Waals surface area contributed by atoms with Gasteiger partial charge in [-0.3, -0.25) is 9.59 Å². The van der Waals surface area contributed by atoms with Crippen molar-refractivity contribution in [2.75, 3.05) is 4.90 Å². The van der Waals surface area contributed by atoms with Crippen molar-refractivity contribution < 1.29 is 24.2 Å². The summed E-state index contributed by atoms with van der Waals surface area (Å²) in [5.41, 5.74) is 2.88. The Labute approximate surface area is 174 Å². The number of amides is 2. The molecule has 0 bridgehead atoms. The quantitative estimate of drug-likeness (QED) is 0.778. The fourth-order valence-corrected chi connectivity index (χ4v) is 3.78. The summed E-state index contributed by atoms with van der Waals surface area (Å²) < 4.78 is 6.71. The lowest BCUT2D eigenvalue weighted by Crippen LogP contribution is -2.45. The molecular formula is C21H26N4O5. The Kier molecular flexibility index (Phi) is 6.09. The molecule has 160 valence electrons. The molecule has 3 rings (SSSR count). The van der Waals surface area contributed by atoms with Crippen LogP contribution in [0.3, 0.4) is 0 Å². The first-order chi connectivity index (χ1) is 14.2. The largest absolute Gasteiger partial charge is 0.480 e. The van der Waals surface area contributed by atoms with Crippen LogP contribution >= 0.6 is 0 Å². The number of anilines is 1. The van der Waals surface area contributed by atoms with Crippen LogP contribution in [0.2, 0.25) is 0 Å². The minimum atomic E-state index is -0.955. The molecule has 2 N–H and O–H groups in total. The summed E-state index contributed by atoms with van der Waals surface area (Å²) in [6.45, 7) is 6.83. The van der Waals surface area contributed by atoms with Crippen molar-refractivity contribution in [1.29, 1.82) is 0 Å². The van der Waals surface area contributed by atoms with Gasteiger partial charge in [-0.15, -0.1) is 0 Å².